The summed E-state index contributed by atoms with van der Waals surface area (Å²) in [6.07, 6.45) is 0. The molecule has 3 aromatic carbocycles. The van der Waals surface area contributed by atoms with Crippen molar-refractivity contribution >= 4 is 35.0 Å². The number of benzene rings is 3. The second kappa shape index (κ2) is 14.7. The van der Waals surface area contributed by atoms with Crippen LogP contribution in [-0.2, 0) is 16.1 Å². The number of hydrogen-bond acceptors (Lipinski definition) is 8. The van der Waals surface area contributed by atoms with Crippen LogP contribution in [0.4, 0.5) is 11.4 Å². The van der Waals surface area contributed by atoms with Gasteiger partial charge in [-0.2, -0.15) is 0 Å². The number of anilines is 2. The fourth-order valence-electron chi connectivity index (χ4n) is 4.81. The highest BCUT2D eigenvalue weighted by atomic mass is 32.2. The molecule has 1 N–H and O–H groups in total. The van der Waals surface area contributed by atoms with Crippen LogP contribution in [0.1, 0.15) is 34.1 Å². The maximum Gasteiger partial charge on any atom is 0.251 e. The third-order valence-corrected chi connectivity index (χ3v) is 7.98. The highest BCUT2D eigenvalue weighted by Crippen LogP contribution is 2.34. The summed E-state index contributed by atoms with van der Waals surface area (Å²) in [5.41, 5.74) is 5.80. The van der Waals surface area contributed by atoms with E-state index in [4.69, 9.17) is 9.47 Å². The van der Waals surface area contributed by atoms with Gasteiger partial charge in [0.1, 0.15) is 6.04 Å². The van der Waals surface area contributed by atoms with Crippen molar-refractivity contribution in [3.05, 3.63) is 101 Å². The van der Waals surface area contributed by atoms with Crippen LogP contribution in [0.25, 0.3) is 0 Å². The van der Waals surface area contributed by atoms with E-state index in [2.05, 4.69) is 15.3 Å². The summed E-state index contributed by atoms with van der Waals surface area (Å²) in [4.78, 5) is 41.0. The molecule has 1 heterocycles. The molecule has 44 heavy (non-hydrogen) atoms. The minimum atomic E-state index is -0.990. The number of rotatable bonds is 12. The van der Waals surface area contributed by atoms with Crippen molar-refractivity contribution in [3.63, 3.8) is 0 Å². The average Bonchev–Trinajstić information content (AvgIpc) is 3.00. The largest absolute Gasteiger partial charge is 0.493 e. The fourth-order valence-corrected chi connectivity index (χ4v) is 5.65. The first-order chi connectivity index (χ1) is 21.1. The van der Waals surface area contributed by atoms with Crippen molar-refractivity contribution in [1.82, 2.24) is 14.9 Å². The maximum absolute atomic E-state index is 14.3. The van der Waals surface area contributed by atoms with E-state index in [1.54, 1.807) is 37.3 Å². The standard InChI is InChI=1S/C34H39N5O4S/c1-22-10-8-9-11-26(22)20-39(31(40)21-44-34-35-23(2)18-24(3)36-34)32(25-12-17-29(42-6)30(19-25)43-7)33(41)37-27-13-15-28(16-14-27)38(4)5/h8-19,32H,20-21H2,1-7H3,(H,37,41)/t32-/m1/s1. The van der Waals surface area contributed by atoms with E-state index >= 15 is 0 Å². The molecule has 0 radical (unpaired) electrons. The van der Waals surface area contributed by atoms with Crippen molar-refractivity contribution in [3.8, 4) is 11.5 Å². The van der Waals surface area contributed by atoms with Gasteiger partial charge in [-0.05, 0) is 79.9 Å². The number of hydrogen-bond donors (Lipinski definition) is 1. The van der Waals surface area contributed by atoms with Crippen molar-refractivity contribution in [2.24, 2.45) is 0 Å². The van der Waals surface area contributed by atoms with Crippen LogP contribution in [0, 0.1) is 20.8 Å². The molecule has 0 saturated carbocycles. The van der Waals surface area contributed by atoms with E-state index in [0.29, 0.717) is 27.9 Å². The molecule has 1 aromatic heterocycles. The Morgan fingerprint density at radius 2 is 1.52 bits per heavy atom. The van der Waals surface area contributed by atoms with Crippen LogP contribution in [0.3, 0.4) is 0 Å². The van der Waals surface area contributed by atoms with E-state index < -0.39 is 6.04 Å². The summed E-state index contributed by atoms with van der Waals surface area (Å²) >= 11 is 1.25. The molecule has 4 rings (SSSR count). The number of aryl methyl sites for hydroxylation is 3. The Morgan fingerprint density at radius 3 is 2.14 bits per heavy atom. The van der Waals surface area contributed by atoms with Gasteiger partial charge in [-0.15, -0.1) is 0 Å². The van der Waals surface area contributed by atoms with Crippen LogP contribution < -0.4 is 19.7 Å². The van der Waals surface area contributed by atoms with Crippen molar-refractivity contribution in [1.29, 1.82) is 0 Å². The van der Waals surface area contributed by atoms with Gasteiger partial charge >= 0.3 is 0 Å². The second-order valence-electron chi connectivity index (χ2n) is 10.6. The fraction of sp³-hybridized carbons (Fsp3) is 0.294. The number of amides is 2. The van der Waals surface area contributed by atoms with E-state index in [0.717, 1.165) is 28.2 Å². The summed E-state index contributed by atoms with van der Waals surface area (Å²) in [6.45, 7) is 6.00. The summed E-state index contributed by atoms with van der Waals surface area (Å²) in [5.74, 6) is 0.431. The molecule has 0 unspecified atom stereocenters. The molecule has 0 bridgehead atoms. The minimum absolute atomic E-state index is 0.0450. The normalized spacial score (nSPS) is 11.4. The summed E-state index contributed by atoms with van der Waals surface area (Å²) in [7, 11) is 7.01. The maximum atomic E-state index is 14.3. The van der Waals surface area contributed by atoms with Gasteiger partial charge in [-0.25, -0.2) is 9.97 Å². The Labute approximate surface area is 263 Å². The second-order valence-corrected chi connectivity index (χ2v) is 11.6. The lowest BCUT2D eigenvalue weighted by Crippen LogP contribution is -2.42. The lowest BCUT2D eigenvalue weighted by atomic mass is 10.0. The Bertz CT molecular complexity index is 1590. The third-order valence-electron chi connectivity index (χ3n) is 7.14. The van der Waals surface area contributed by atoms with Crippen molar-refractivity contribution in [2.75, 3.05) is 44.3 Å². The van der Waals surface area contributed by atoms with Crippen LogP contribution in [0.5, 0.6) is 11.5 Å². The molecule has 2 amide bonds. The number of ether oxygens (including phenoxy) is 2. The monoisotopic (exact) mass is 613 g/mol. The lowest BCUT2D eigenvalue weighted by molar-refractivity contribution is -0.137. The van der Waals surface area contributed by atoms with E-state index in [9.17, 15) is 9.59 Å². The Morgan fingerprint density at radius 1 is 0.864 bits per heavy atom. The number of carbonyl (C=O) groups is 2. The van der Waals surface area contributed by atoms with Gasteiger partial charge < -0.3 is 24.6 Å². The first kappa shape index (κ1) is 32.3. The molecular formula is C34H39N5O4S. The molecule has 0 aliphatic carbocycles. The van der Waals surface area contributed by atoms with Crippen LogP contribution >= 0.6 is 11.8 Å². The molecule has 10 heteroatoms. The lowest BCUT2D eigenvalue weighted by Gasteiger charge is -2.32. The topological polar surface area (TPSA) is 96.9 Å². The number of carbonyl (C=O) groups excluding carboxylic acids is 2. The average molecular weight is 614 g/mol. The van der Waals surface area contributed by atoms with E-state index in [1.165, 1.54) is 11.8 Å². The SMILES string of the molecule is COc1ccc([C@H](C(=O)Nc2ccc(N(C)C)cc2)N(Cc2ccccc2C)C(=O)CSc2nc(C)cc(C)n2)cc1OC. The van der Waals surface area contributed by atoms with Crippen molar-refractivity contribution < 1.29 is 19.1 Å². The number of nitrogens with zero attached hydrogens (tertiary/aromatic N) is 4. The molecule has 0 spiro atoms. The zero-order valence-electron chi connectivity index (χ0n) is 26.2. The molecule has 0 aliphatic heterocycles. The first-order valence-electron chi connectivity index (χ1n) is 14.2. The summed E-state index contributed by atoms with van der Waals surface area (Å²) in [6, 6.07) is 21.6. The zero-order valence-corrected chi connectivity index (χ0v) is 27.1. The number of nitrogens with one attached hydrogen (secondary N) is 1. The highest BCUT2D eigenvalue weighted by molar-refractivity contribution is 7.99. The molecule has 4 aromatic rings. The molecule has 0 fully saturated rings. The van der Waals surface area contributed by atoms with Crippen LogP contribution in [-0.4, -0.2) is 60.8 Å². The van der Waals surface area contributed by atoms with Gasteiger partial charge in [0.15, 0.2) is 16.7 Å². The quantitative estimate of drug-likeness (QED) is 0.154. The van der Waals surface area contributed by atoms with E-state index in [1.807, 2.05) is 94.4 Å². The van der Waals surface area contributed by atoms with E-state index in [-0.39, 0.29) is 24.1 Å². The smallest absolute Gasteiger partial charge is 0.251 e. The Kier molecular flexibility index (Phi) is 10.8. The highest BCUT2D eigenvalue weighted by Gasteiger charge is 2.33. The van der Waals surface area contributed by atoms with Crippen molar-refractivity contribution in [2.45, 2.75) is 38.5 Å². The summed E-state index contributed by atoms with van der Waals surface area (Å²) < 4.78 is 11.0. The predicted octanol–water partition coefficient (Wildman–Crippen LogP) is 5.99. The van der Waals surface area contributed by atoms with Gasteiger partial charge in [0.2, 0.25) is 5.91 Å². The van der Waals surface area contributed by atoms with Gasteiger partial charge in [-0.3, -0.25) is 9.59 Å². The molecule has 0 aliphatic rings. The minimum Gasteiger partial charge on any atom is -0.493 e. The van der Waals surface area contributed by atoms with Gasteiger partial charge in [-0.1, -0.05) is 42.1 Å². The number of aromatic nitrogens is 2. The molecular weight excluding hydrogens is 574 g/mol. The third kappa shape index (κ3) is 8.08. The number of thioether (sulfide) groups is 1. The zero-order chi connectivity index (χ0) is 31.8. The van der Waals surface area contributed by atoms with Gasteiger partial charge in [0, 0.05) is 43.4 Å². The Hall–Kier alpha value is -4.57. The van der Waals surface area contributed by atoms with Crippen LogP contribution in [0.15, 0.2) is 78.0 Å². The first-order valence-corrected chi connectivity index (χ1v) is 15.2. The molecule has 230 valence electrons. The van der Waals surface area contributed by atoms with Gasteiger partial charge in [0.25, 0.3) is 5.91 Å². The van der Waals surface area contributed by atoms with Gasteiger partial charge in [0.05, 0.1) is 20.0 Å². The van der Waals surface area contributed by atoms with Crippen LogP contribution in [0.2, 0.25) is 0 Å². The number of methoxy groups -OCH3 is 2. The predicted molar refractivity (Wildman–Crippen MR) is 176 cm³/mol. The summed E-state index contributed by atoms with van der Waals surface area (Å²) in [5, 5.41) is 3.56. The molecule has 1 atom stereocenters. The molecule has 9 nitrogen and oxygen atoms in total. The molecule has 0 saturated heterocycles. The Balaban J connectivity index is 1.77.